The Labute approximate surface area is 83.8 Å². The van der Waals surface area contributed by atoms with Crippen molar-refractivity contribution in [3.63, 3.8) is 0 Å². The summed E-state index contributed by atoms with van der Waals surface area (Å²) in [6.45, 7) is 1.91. The van der Waals surface area contributed by atoms with Gasteiger partial charge in [0.05, 0.1) is 4.47 Å². The summed E-state index contributed by atoms with van der Waals surface area (Å²) in [6.07, 6.45) is 6.98. The van der Waals surface area contributed by atoms with Crippen LogP contribution in [-0.2, 0) is 0 Å². The molecule has 66 valence electrons. The van der Waals surface area contributed by atoms with Gasteiger partial charge in [0.2, 0.25) is 5.95 Å². The number of aryl methyl sites for hydroxylation is 1. The summed E-state index contributed by atoms with van der Waals surface area (Å²) in [5, 5.41) is 0. The van der Waals surface area contributed by atoms with Gasteiger partial charge in [0.25, 0.3) is 0 Å². The standard InChI is InChI=1S/C8H7BrN4/c1-6-10-2-3-13(6)8-11-4-7(9)5-12-8/h2-5H,1H3. The van der Waals surface area contributed by atoms with E-state index in [4.69, 9.17) is 0 Å². The van der Waals surface area contributed by atoms with E-state index in [-0.39, 0.29) is 0 Å². The van der Waals surface area contributed by atoms with Crippen molar-refractivity contribution >= 4 is 15.9 Å². The molecule has 0 aliphatic heterocycles. The quantitative estimate of drug-likeness (QED) is 0.761. The molecule has 0 bridgehead atoms. The molecule has 0 radical (unpaired) electrons. The first-order chi connectivity index (χ1) is 6.27. The molecule has 2 aromatic heterocycles. The summed E-state index contributed by atoms with van der Waals surface area (Å²) in [4.78, 5) is 12.4. The molecule has 0 spiro atoms. The van der Waals surface area contributed by atoms with Gasteiger partial charge in [-0.1, -0.05) is 0 Å². The van der Waals surface area contributed by atoms with Crippen LogP contribution in [0.5, 0.6) is 0 Å². The minimum Gasteiger partial charge on any atom is -0.272 e. The number of nitrogens with zero attached hydrogens (tertiary/aromatic N) is 4. The normalized spacial score (nSPS) is 10.3. The Morgan fingerprint density at radius 2 is 1.92 bits per heavy atom. The van der Waals surface area contributed by atoms with Crippen LogP contribution in [0.25, 0.3) is 5.95 Å². The van der Waals surface area contributed by atoms with Gasteiger partial charge in [0, 0.05) is 24.8 Å². The summed E-state index contributed by atoms with van der Waals surface area (Å²) in [5.41, 5.74) is 0. The molecule has 0 unspecified atom stereocenters. The zero-order valence-electron chi connectivity index (χ0n) is 6.98. The molecule has 0 aliphatic carbocycles. The van der Waals surface area contributed by atoms with E-state index >= 15 is 0 Å². The lowest BCUT2D eigenvalue weighted by atomic mass is 10.6. The Bertz CT molecular complexity index is 406. The smallest absolute Gasteiger partial charge is 0.235 e. The molecule has 5 heteroatoms. The molecule has 0 amide bonds. The second-order valence-electron chi connectivity index (χ2n) is 2.55. The molecular formula is C8H7BrN4. The minimum absolute atomic E-state index is 0.637. The number of imidazole rings is 1. The molecule has 2 aromatic rings. The molecule has 0 saturated carbocycles. The van der Waals surface area contributed by atoms with Crippen LogP contribution < -0.4 is 0 Å². The van der Waals surface area contributed by atoms with Crippen molar-refractivity contribution in [2.24, 2.45) is 0 Å². The van der Waals surface area contributed by atoms with Gasteiger partial charge in [-0.15, -0.1) is 0 Å². The zero-order chi connectivity index (χ0) is 9.26. The fourth-order valence-corrected chi connectivity index (χ4v) is 1.22. The van der Waals surface area contributed by atoms with Crippen molar-refractivity contribution in [3.05, 3.63) is 35.1 Å². The van der Waals surface area contributed by atoms with E-state index in [1.54, 1.807) is 18.6 Å². The number of hydrogen-bond acceptors (Lipinski definition) is 3. The first-order valence-electron chi connectivity index (χ1n) is 3.75. The Hall–Kier alpha value is -1.23. The van der Waals surface area contributed by atoms with Gasteiger partial charge >= 0.3 is 0 Å². The summed E-state index contributed by atoms with van der Waals surface area (Å²) >= 11 is 3.28. The van der Waals surface area contributed by atoms with Gasteiger partial charge in [0.15, 0.2) is 0 Å². The number of aromatic nitrogens is 4. The highest BCUT2D eigenvalue weighted by molar-refractivity contribution is 9.10. The zero-order valence-corrected chi connectivity index (χ0v) is 8.56. The van der Waals surface area contributed by atoms with E-state index in [0.29, 0.717) is 5.95 Å². The summed E-state index contributed by atoms with van der Waals surface area (Å²) < 4.78 is 2.70. The molecule has 0 aliphatic rings. The highest BCUT2D eigenvalue weighted by atomic mass is 79.9. The maximum atomic E-state index is 4.15. The van der Waals surface area contributed by atoms with Crippen LogP contribution in [-0.4, -0.2) is 19.5 Å². The van der Waals surface area contributed by atoms with Gasteiger partial charge in [-0.05, 0) is 22.9 Å². The second-order valence-corrected chi connectivity index (χ2v) is 3.46. The molecule has 2 heterocycles. The first-order valence-corrected chi connectivity index (χ1v) is 4.54. The Morgan fingerprint density at radius 3 is 2.46 bits per heavy atom. The highest BCUT2D eigenvalue weighted by Crippen LogP contribution is 2.08. The number of halogens is 1. The molecule has 13 heavy (non-hydrogen) atoms. The van der Waals surface area contributed by atoms with Gasteiger partial charge in [0.1, 0.15) is 5.82 Å². The van der Waals surface area contributed by atoms with Crippen molar-refractivity contribution in [2.45, 2.75) is 6.92 Å². The predicted molar refractivity (Wildman–Crippen MR) is 51.6 cm³/mol. The van der Waals surface area contributed by atoms with Crippen molar-refractivity contribution in [3.8, 4) is 5.95 Å². The third-order valence-corrected chi connectivity index (χ3v) is 2.06. The highest BCUT2D eigenvalue weighted by Gasteiger charge is 2.01. The van der Waals surface area contributed by atoms with E-state index < -0.39 is 0 Å². The van der Waals surface area contributed by atoms with Crippen molar-refractivity contribution in [1.82, 2.24) is 19.5 Å². The Balaban J connectivity index is 2.47. The molecule has 0 fully saturated rings. The average molecular weight is 239 g/mol. The van der Waals surface area contributed by atoms with Crippen LogP contribution >= 0.6 is 15.9 Å². The van der Waals surface area contributed by atoms with E-state index in [9.17, 15) is 0 Å². The fraction of sp³-hybridized carbons (Fsp3) is 0.125. The van der Waals surface area contributed by atoms with Crippen LogP contribution in [0.2, 0.25) is 0 Å². The third kappa shape index (κ3) is 1.60. The van der Waals surface area contributed by atoms with Crippen molar-refractivity contribution in [2.75, 3.05) is 0 Å². The van der Waals surface area contributed by atoms with Crippen LogP contribution in [0.3, 0.4) is 0 Å². The van der Waals surface area contributed by atoms with E-state index in [0.717, 1.165) is 10.3 Å². The van der Waals surface area contributed by atoms with Gasteiger partial charge in [-0.3, -0.25) is 4.57 Å². The van der Waals surface area contributed by atoms with E-state index in [2.05, 4.69) is 30.9 Å². The van der Waals surface area contributed by atoms with E-state index in [1.165, 1.54) is 0 Å². The molecule has 0 N–H and O–H groups in total. The van der Waals surface area contributed by atoms with Crippen molar-refractivity contribution in [1.29, 1.82) is 0 Å². The molecule has 2 rings (SSSR count). The summed E-state index contributed by atoms with van der Waals surface area (Å²) in [7, 11) is 0. The van der Waals surface area contributed by atoms with Gasteiger partial charge in [-0.2, -0.15) is 0 Å². The van der Waals surface area contributed by atoms with Gasteiger partial charge < -0.3 is 0 Å². The van der Waals surface area contributed by atoms with Crippen LogP contribution in [0.15, 0.2) is 29.3 Å². The lowest BCUT2D eigenvalue weighted by Gasteiger charge is -2.01. The van der Waals surface area contributed by atoms with E-state index in [1.807, 2.05) is 17.7 Å². The number of hydrogen-bond donors (Lipinski definition) is 0. The minimum atomic E-state index is 0.637. The monoisotopic (exact) mass is 238 g/mol. The molecule has 0 aromatic carbocycles. The van der Waals surface area contributed by atoms with Gasteiger partial charge in [-0.25, -0.2) is 15.0 Å². The third-order valence-electron chi connectivity index (χ3n) is 1.65. The maximum Gasteiger partial charge on any atom is 0.235 e. The average Bonchev–Trinajstić information content (AvgIpc) is 2.53. The summed E-state index contributed by atoms with van der Waals surface area (Å²) in [5.74, 6) is 1.51. The predicted octanol–water partition coefficient (Wildman–Crippen LogP) is 1.73. The van der Waals surface area contributed by atoms with Crippen LogP contribution in [0.4, 0.5) is 0 Å². The topological polar surface area (TPSA) is 43.6 Å². The summed E-state index contributed by atoms with van der Waals surface area (Å²) in [6, 6.07) is 0. The first kappa shape index (κ1) is 8.37. The number of rotatable bonds is 1. The SMILES string of the molecule is Cc1nccn1-c1ncc(Br)cn1. The fourth-order valence-electron chi connectivity index (χ4n) is 1.02. The molecular weight excluding hydrogens is 232 g/mol. The van der Waals surface area contributed by atoms with Crippen LogP contribution in [0.1, 0.15) is 5.82 Å². The molecule has 4 nitrogen and oxygen atoms in total. The Kier molecular flexibility index (Phi) is 2.10. The molecule has 0 atom stereocenters. The molecule has 0 saturated heterocycles. The lowest BCUT2D eigenvalue weighted by Crippen LogP contribution is -2.00. The second kappa shape index (κ2) is 3.26. The lowest BCUT2D eigenvalue weighted by molar-refractivity contribution is 0.880. The largest absolute Gasteiger partial charge is 0.272 e. The van der Waals surface area contributed by atoms with Crippen LogP contribution in [0, 0.1) is 6.92 Å². The Morgan fingerprint density at radius 1 is 1.23 bits per heavy atom. The maximum absolute atomic E-state index is 4.15. The van der Waals surface area contributed by atoms with Crippen molar-refractivity contribution < 1.29 is 0 Å².